The number of fused-ring (bicyclic) bond motifs is 2. The number of aromatic nitrogens is 4. The zero-order valence-corrected chi connectivity index (χ0v) is 48.0. The Morgan fingerprint density at radius 1 is 0.627 bits per heavy atom. The standard InChI is InChI=1S/C25H31F2N5O4S.C24H24F2N6O4S.C4H3NO3.ClH/c1-24(2,3)36-23(33)31-12-10-30(11-13-31)19-7-5-6-17(14-19)20-8-9-21-22(28-20)29(4)37(34,35)32(21)16-18-15-25(18,26)27;1-29-22-21(32(37(29,34)35)15-17-14-24(17,25)26)6-5-19(27-22)16-3-2-4-18(13-16)30-8-10-31(11-9-30)23(33)20-7-12-36-28-20;6-4(7)3-1-2-8-5-3;/h5-9,14,18H,10-13,15-16H2,1-4H3;2-7,12-13,17H,8-11,14-15H2,1H3;1-2H,(H,6,7);1H. The second kappa shape index (κ2) is 22.7. The molecule has 0 bridgehead atoms. The largest absolute Gasteiger partial charge is 0.476 e. The average molecular weight is 1220 g/mol. The van der Waals surface area contributed by atoms with Gasteiger partial charge in [-0.05, 0) is 69.3 Å². The van der Waals surface area contributed by atoms with Crippen molar-refractivity contribution in [3.8, 4) is 22.5 Å². The monoisotopic (exact) mass is 1210 g/mol. The van der Waals surface area contributed by atoms with Crippen molar-refractivity contribution in [2.45, 2.75) is 51.1 Å². The van der Waals surface area contributed by atoms with Crippen LogP contribution in [-0.2, 0) is 25.2 Å². The first-order valence-electron chi connectivity index (χ1n) is 26.0. The van der Waals surface area contributed by atoms with Gasteiger partial charge in [-0.3, -0.25) is 4.79 Å². The number of carbonyl (C=O) groups is 3. The molecule has 2 aliphatic carbocycles. The lowest BCUT2D eigenvalue weighted by molar-refractivity contribution is 0.0240. The van der Waals surface area contributed by atoms with Crippen LogP contribution in [0.2, 0.25) is 0 Å². The molecule has 2 unspecified atom stereocenters. The molecule has 4 fully saturated rings. The van der Waals surface area contributed by atoms with E-state index < -0.39 is 55.7 Å². The van der Waals surface area contributed by atoms with Crippen LogP contribution in [0.4, 0.5) is 56.7 Å². The summed E-state index contributed by atoms with van der Waals surface area (Å²) in [4.78, 5) is 51.8. The van der Waals surface area contributed by atoms with Crippen molar-refractivity contribution in [3.05, 3.63) is 109 Å². The molecule has 444 valence electrons. The summed E-state index contributed by atoms with van der Waals surface area (Å²) in [6.07, 6.45) is 1.66. The number of alkyl halides is 4. The highest BCUT2D eigenvalue weighted by Gasteiger charge is 2.60. The van der Waals surface area contributed by atoms with Gasteiger partial charge >= 0.3 is 32.5 Å². The van der Waals surface area contributed by atoms with Crippen LogP contribution in [-0.4, -0.2) is 167 Å². The maximum Gasteiger partial charge on any atom is 0.410 e. The lowest BCUT2D eigenvalue weighted by Gasteiger charge is -2.36. The summed E-state index contributed by atoms with van der Waals surface area (Å²) in [7, 11) is -5.15. The molecule has 83 heavy (non-hydrogen) atoms. The number of benzene rings is 2. The van der Waals surface area contributed by atoms with E-state index in [9.17, 15) is 48.8 Å². The van der Waals surface area contributed by atoms with E-state index in [0.717, 1.165) is 39.7 Å². The topological polar surface area (TPSA) is 253 Å². The Kier molecular flexibility index (Phi) is 16.3. The Labute approximate surface area is 481 Å². The Bertz CT molecular complexity index is 3610. The molecule has 6 aromatic rings. The Morgan fingerprint density at radius 3 is 1.40 bits per heavy atom. The van der Waals surface area contributed by atoms with Gasteiger partial charge in [0, 0.05) is 139 Å². The van der Waals surface area contributed by atoms with E-state index in [1.54, 1.807) is 40.1 Å². The van der Waals surface area contributed by atoms with Gasteiger partial charge in [0.05, 0.1) is 22.8 Å². The molecular formula is C53H59ClF4N12O11S2. The number of rotatable bonds is 10. The molecular weight excluding hydrogens is 1160 g/mol. The van der Waals surface area contributed by atoms with Gasteiger partial charge < -0.3 is 38.5 Å². The number of pyridine rings is 2. The summed E-state index contributed by atoms with van der Waals surface area (Å²) < 4.78 is 124. The molecule has 2 amide bonds. The van der Waals surface area contributed by atoms with Crippen LogP contribution in [0.15, 0.2) is 107 Å². The maximum atomic E-state index is 13.5. The summed E-state index contributed by atoms with van der Waals surface area (Å²) in [6.45, 7) is 9.68. The zero-order valence-electron chi connectivity index (χ0n) is 45.5. The molecule has 2 atom stereocenters. The number of carbonyl (C=O) groups excluding carboxylic acids is 2. The van der Waals surface area contributed by atoms with Crippen molar-refractivity contribution in [3.63, 3.8) is 0 Å². The van der Waals surface area contributed by atoms with Crippen molar-refractivity contribution in [1.82, 2.24) is 30.1 Å². The molecule has 4 aromatic heterocycles. The number of carboxylic acids is 1. The number of carboxylic acid groups (broad SMARTS) is 1. The van der Waals surface area contributed by atoms with E-state index in [-0.39, 0.29) is 73.4 Å². The number of ether oxygens (including phenoxy) is 1. The molecule has 23 nitrogen and oxygen atoms in total. The Morgan fingerprint density at radius 2 is 1.04 bits per heavy atom. The van der Waals surface area contributed by atoms with Crippen LogP contribution in [0.5, 0.6) is 0 Å². The van der Waals surface area contributed by atoms with Crippen molar-refractivity contribution < 1.29 is 67.7 Å². The highest BCUT2D eigenvalue weighted by Crippen LogP contribution is 2.53. The van der Waals surface area contributed by atoms with Crippen molar-refractivity contribution in [2.75, 3.05) is 107 Å². The van der Waals surface area contributed by atoms with Gasteiger partial charge in [0.1, 0.15) is 18.1 Å². The number of anilines is 6. The van der Waals surface area contributed by atoms with E-state index >= 15 is 0 Å². The molecule has 2 aromatic carbocycles. The fraction of sp³-hybridized carbons (Fsp3) is 0.415. The third-order valence-electron chi connectivity index (χ3n) is 14.6. The number of nitrogens with zero attached hydrogens (tertiary/aromatic N) is 12. The third-order valence-corrected chi connectivity index (χ3v) is 18.1. The van der Waals surface area contributed by atoms with Gasteiger partial charge in [-0.25, -0.2) is 54.3 Å². The van der Waals surface area contributed by atoms with Gasteiger partial charge in [0.2, 0.25) is 0 Å². The number of amides is 2. The maximum absolute atomic E-state index is 13.5. The Hall–Kier alpha value is -7.92. The van der Waals surface area contributed by atoms with Crippen molar-refractivity contribution in [1.29, 1.82) is 0 Å². The van der Waals surface area contributed by atoms with Crippen molar-refractivity contribution in [2.24, 2.45) is 11.8 Å². The van der Waals surface area contributed by atoms with Crippen LogP contribution in [0.1, 0.15) is 54.6 Å². The minimum atomic E-state index is -3.96. The van der Waals surface area contributed by atoms with E-state index in [0.29, 0.717) is 75.1 Å². The van der Waals surface area contributed by atoms with Gasteiger partial charge in [-0.2, -0.15) is 16.8 Å². The number of halogens is 5. The summed E-state index contributed by atoms with van der Waals surface area (Å²) in [5.41, 5.74) is 4.94. The lowest BCUT2D eigenvalue weighted by atomic mass is 10.1. The lowest BCUT2D eigenvalue weighted by Crippen LogP contribution is -2.50. The van der Waals surface area contributed by atoms with Crippen LogP contribution in [0.25, 0.3) is 22.5 Å². The number of hydrogen-bond donors (Lipinski definition) is 1. The molecule has 1 N–H and O–H groups in total. The SMILES string of the molecule is CN1c2nc(-c3cccc(N4CCN(C(=O)OC(C)(C)C)CC4)c3)ccc2N(CC2CC2(F)F)S1(=O)=O.CN1c2nc(-c3cccc(N4CCN(C(=O)c5ccon5)CC4)c3)ccc2N(CC2CC2(F)F)S1(=O)=O.Cl.O=C(O)c1ccon1. The van der Waals surface area contributed by atoms with Gasteiger partial charge in [0.15, 0.2) is 23.0 Å². The smallest absolute Gasteiger partial charge is 0.410 e. The molecule has 30 heteroatoms. The van der Waals surface area contributed by atoms with E-state index in [1.807, 2.05) is 69.3 Å². The fourth-order valence-electron chi connectivity index (χ4n) is 9.71. The predicted octanol–water partition coefficient (Wildman–Crippen LogP) is 7.61. The number of aromatic carboxylic acids is 1. The van der Waals surface area contributed by atoms with Gasteiger partial charge in [0.25, 0.3) is 17.8 Å². The van der Waals surface area contributed by atoms with Crippen molar-refractivity contribution >= 4 is 85.2 Å². The fourth-order valence-corrected chi connectivity index (χ4v) is 12.5. The molecule has 0 radical (unpaired) electrons. The van der Waals surface area contributed by atoms with Crippen LogP contribution >= 0.6 is 12.4 Å². The molecule has 0 spiro atoms. The quantitative estimate of drug-likeness (QED) is 0.130. The second-order valence-electron chi connectivity index (χ2n) is 21.3. The van der Waals surface area contributed by atoms with E-state index in [4.69, 9.17) is 14.4 Å². The Balaban J connectivity index is 0.000000174. The molecule has 2 saturated carbocycles. The molecule has 8 heterocycles. The van der Waals surface area contributed by atoms with Crippen LogP contribution in [0, 0.1) is 11.8 Å². The van der Waals surface area contributed by atoms with E-state index in [1.165, 1.54) is 32.7 Å². The first-order valence-corrected chi connectivity index (χ1v) is 28.8. The predicted molar refractivity (Wildman–Crippen MR) is 300 cm³/mol. The van der Waals surface area contributed by atoms with Gasteiger partial charge in [-0.15, -0.1) is 12.4 Å². The van der Waals surface area contributed by atoms with Crippen LogP contribution < -0.4 is 27.0 Å². The third kappa shape index (κ3) is 12.6. The summed E-state index contributed by atoms with van der Waals surface area (Å²) in [5.74, 6) is -8.40. The molecule has 4 aliphatic heterocycles. The molecule has 2 saturated heterocycles. The highest BCUT2D eigenvalue weighted by molar-refractivity contribution is 7.95. The second-order valence-corrected chi connectivity index (χ2v) is 25.1. The summed E-state index contributed by atoms with van der Waals surface area (Å²) in [5, 5.41) is 15.0. The first kappa shape index (κ1) is 59.7. The summed E-state index contributed by atoms with van der Waals surface area (Å²) >= 11 is 0. The first-order chi connectivity index (χ1) is 38.7. The minimum absolute atomic E-state index is 0. The number of piperazine rings is 2. The minimum Gasteiger partial charge on any atom is -0.476 e. The molecule has 12 rings (SSSR count). The van der Waals surface area contributed by atoms with Crippen LogP contribution in [0.3, 0.4) is 0 Å². The average Bonchev–Trinajstić information content (AvgIpc) is 2.20. The summed E-state index contributed by atoms with van der Waals surface area (Å²) in [6, 6.07) is 25.0. The molecule has 6 aliphatic rings. The normalized spacial score (nSPS) is 20.4. The van der Waals surface area contributed by atoms with E-state index in [2.05, 4.69) is 34.6 Å². The highest BCUT2D eigenvalue weighted by atomic mass is 35.5. The zero-order chi connectivity index (χ0) is 58.7. The number of hydrogen-bond acceptors (Lipinski definition) is 16. The van der Waals surface area contributed by atoms with Gasteiger partial charge in [-0.1, -0.05) is 34.6 Å².